The van der Waals surface area contributed by atoms with E-state index in [4.69, 9.17) is 17.3 Å². The van der Waals surface area contributed by atoms with Crippen molar-refractivity contribution < 1.29 is 17.9 Å². The minimum atomic E-state index is -3.42. The van der Waals surface area contributed by atoms with Gasteiger partial charge in [0.2, 0.25) is 0 Å². The number of benzene rings is 1. The molecule has 1 aliphatic heterocycles. The summed E-state index contributed by atoms with van der Waals surface area (Å²) in [6.07, 6.45) is 3.13. The van der Waals surface area contributed by atoms with Gasteiger partial charge in [-0.2, -0.15) is 8.78 Å². The van der Waals surface area contributed by atoms with Gasteiger partial charge in [0.25, 0.3) is 6.02 Å². The molecule has 2 heterocycles. The van der Waals surface area contributed by atoms with E-state index < -0.39 is 29.9 Å². The van der Waals surface area contributed by atoms with E-state index in [0.717, 1.165) is 37.1 Å². The monoisotopic (exact) mass is 410 g/mol. The number of pyridine rings is 1. The van der Waals surface area contributed by atoms with E-state index in [-0.39, 0.29) is 11.6 Å². The van der Waals surface area contributed by atoms with E-state index in [1.807, 2.05) is 6.07 Å². The summed E-state index contributed by atoms with van der Waals surface area (Å²) in [4.78, 5) is 8.11. The summed E-state index contributed by atoms with van der Waals surface area (Å²) in [6.45, 7) is 0.190. The standard InChI is InChI=1S/C19H18ClF3N4O/c1-18(19(22,23)9-28-17(24)27-18)13-7-12(3-4-14(13)21)26-15-5-2-10-6-11(20)8-25-16(10)15/h3-4,6-8,15,26H,2,5,9H2,1H3,(H2,24,27)/t15?,18-/m1/s1. The van der Waals surface area contributed by atoms with Crippen LogP contribution >= 0.6 is 11.6 Å². The summed E-state index contributed by atoms with van der Waals surface area (Å²) < 4.78 is 48.3. The number of nitrogens with zero attached hydrogens (tertiary/aromatic N) is 2. The molecule has 4 rings (SSSR count). The molecular weight excluding hydrogens is 393 g/mol. The number of aliphatic imine (C=N–C) groups is 1. The Morgan fingerprint density at radius 2 is 2.11 bits per heavy atom. The van der Waals surface area contributed by atoms with E-state index in [1.54, 1.807) is 6.20 Å². The first-order valence-electron chi connectivity index (χ1n) is 8.76. The molecule has 0 radical (unpaired) electrons. The molecule has 0 saturated heterocycles. The van der Waals surface area contributed by atoms with Gasteiger partial charge in [0.05, 0.1) is 16.8 Å². The highest BCUT2D eigenvalue weighted by Crippen LogP contribution is 2.45. The molecule has 0 saturated carbocycles. The summed E-state index contributed by atoms with van der Waals surface area (Å²) in [6, 6.07) is 5.34. The molecule has 1 aromatic heterocycles. The van der Waals surface area contributed by atoms with Crippen LogP contribution in [0.5, 0.6) is 0 Å². The van der Waals surface area contributed by atoms with Gasteiger partial charge in [-0.3, -0.25) is 4.98 Å². The summed E-state index contributed by atoms with van der Waals surface area (Å²) >= 11 is 5.98. The van der Waals surface area contributed by atoms with E-state index in [1.165, 1.54) is 12.1 Å². The van der Waals surface area contributed by atoms with Crippen LogP contribution in [0.4, 0.5) is 18.9 Å². The summed E-state index contributed by atoms with van der Waals surface area (Å²) in [7, 11) is 0. The fourth-order valence-electron chi connectivity index (χ4n) is 3.67. The van der Waals surface area contributed by atoms with Crippen molar-refractivity contribution in [2.45, 2.75) is 37.3 Å². The Balaban J connectivity index is 1.69. The number of anilines is 1. The van der Waals surface area contributed by atoms with Gasteiger partial charge in [-0.1, -0.05) is 11.6 Å². The van der Waals surface area contributed by atoms with Crippen molar-refractivity contribution in [1.82, 2.24) is 4.98 Å². The number of aryl methyl sites for hydroxylation is 1. The van der Waals surface area contributed by atoms with Crippen molar-refractivity contribution in [2.24, 2.45) is 10.7 Å². The second-order valence-electron chi connectivity index (χ2n) is 7.14. The highest BCUT2D eigenvalue weighted by Gasteiger charge is 2.56. The molecule has 0 amide bonds. The largest absolute Gasteiger partial charge is 0.459 e. The predicted octanol–water partition coefficient (Wildman–Crippen LogP) is 4.17. The highest BCUT2D eigenvalue weighted by atomic mass is 35.5. The van der Waals surface area contributed by atoms with Gasteiger partial charge in [0, 0.05) is 17.4 Å². The van der Waals surface area contributed by atoms with Gasteiger partial charge in [0.15, 0.2) is 12.1 Å². The molecule has 2 atom stereocenters. The van der Waals surface area contributed by atoms with Crippen molar-refractivity contribution in [3.8, 4) is 0 Å². The van der Waals surface area contributed by atoms with Gasteiger partial charge in [0.1, 0.15) is 5.82 Å². The normalized spacial score (nSPS) is 25.6. The van der Waals surface area contributed by atoms with Crippen LogP contribution in [0, 0.1) is 5.82 Å². The molecule has 1 aromatic carbocycles. The van der Waals surface area contributed by atoms with Gasteiger partial charge in [-0.15, -0.1) is 0 Å². The zero-order chi connectivity index (χ0) is 20.1. The third-order valence-corrected chi connectivity index (χ3v) is 5.49. The van der Waals surface area contributed by atoms with E-state index in [9.17, 15) is 13.2 Å². The maximum atomic E-state index is 14.6. The average molecular weight is 411 g/mol. The molecule has 0 spiro atoms. The molecule has 2 aliphatic rings. The molecule has 9 heteroatoms. The molecule has 1 aliphatic carbocycles. The number of hydrogen-bond acceptors (Lipinski definition) is 5. The number of amidine groups is 1. The Bertz CT molecular complexity index is 968. The molecule has 5 nitrogen and oxygen atoms in total. The Morgan fingerprint density at radius 3 is 2.89 bits per heavy atom. The lowest BCUT2D eigenvalue weighted by Gasteiger charge is -2.37. The number of fused-ring (bicyclic) bond motifs is 1. The number of aromatic nitrogens is 1. The second-order valence-corrected chi connectivity index (χ2v) is 7.58. The molecule has 0 fully saturated rings. The number of hydrogen-bond donors (Lipinski definition) is 2. The number of rotatable bonds is 3. The first kappa shape index (κ1) is 18.9. The number of alkyl halides is 2. The van der Waals surface area contributed by atoms with Crippen LogP contribution in [0.1, 0.15) is 36.2 Å². The molecule has 148 valence electrons. The number of nitrogens with two attached hydrogens (primary N) is 1. The van der Waals surface area contributed by atoms with Crippen LogP contribution in [0.25, 0.3) is 0 Å². The second kappa shape index (κ2) is 6.55. The topological polar surface area (TPSA) is 72.5 Å². The first-order chi connectivity index (χ1) is 13.2. The Kier molecular flexibility index (Phi) is 4.41. The fraction of sp³-hybridized carbons (Fsp3) is 0.368. The molecular formula is C19H18ClF3N4O. The van der Waals surface area contributed by atoms with E-state index >= 15 is 0 Å². The SMILES string of the molecule is C[C@]1(c2cc(NC3CCc4cc(Cl)cnc43)ccc2F)N=C(N)OCC1(F)F. The van der Waals surface area contributed by atoms with Gasteiger partial charge >= 0.3 is 5.92 Å². The maximum Gasteiger partial charge on any atom is 0.310 e. The number of ether oxygens (including phenoxy) is 1. The maximum absolute atomic E-state index is 14.6. The smallest absolute Gasteiger partial charge is 0.310 e. The van der Waals surface area contributed by atoms with E-state index in [2.05, 4.69) is 20.0 Å². The number of halogens is 4. The predicted molar refractivity (Wildman–Crippen MR) is 100 cm³/mol. The lowest BCUT2D eigenvalue weighted by atomic mass is 9.85. The summed E-state index contributed by atoms with van der Waals surface area (Å²) in [5.74, 6) is -4.21. The zero-order valence-corrected chi connectivity index (χ0v) is 15.7. The highest BCUT2D eigenvalue weighted by molar-refractivity contribution is 6.30. The van der Waals surface area contributed by atoms with E-state index in [0.29, 0.717) is 10.7 Å². The molecule has 0 bridgehead atoms. The van der Waals surface area contributed by atoms with Crippen molar-refractivity contribution in [1.29, 1.82) is 0 Å². The molecule has 28 heavy (non-hydrogen) atoms. The Hall–Kier alpha value is -2.48. The molecule has 1 unspecified atom stereocenters. The van der Waals surface area contributed by atoms with Crippen LogP contribution in [-0.4, -0.2) is 23.5 Å². The number of nitrogens with one attached hydrogen (secondary N) is 1. The lowest BCUT2D eigenvalue weighted by Crippen LogP contribution is -2.51. The third kappa shape index (κ3) is 3.05. The Labute approximate surface area is 164 Å². The van der Waals surface area contributed by atoms with Crippen LogP contribution < -0.4 is 11.1 Å². The van der Waals surface area contributed by atoms with Crippen LogP contribution in [-0.2, 0) is 16.7 Å². The van der Waals surface area contributed by atoms with Crippen molar-refractivity contribution in [2.75, 3.05) is 11.9 Å². The Morgan fingerprint density at radius 1 is 1.32 bits per heavy atom. The fourth-order valence-corrected chi connectivity index (χ4v) is 3.85. The van der Waals surface area contributed by atoms with Gasteiger partial charge in [-0.05, 0) is 49.6 Å². The first-order valence-corrected chi connectivity index (χ1v) is 9.14. The van der Waals surface area contributed by atoms with Crippen LogP contribution in [0.15, 0.2) is 35.5 Å². The minimum Gasteiger partial charge on any atom is -0.459 e. The van der Waals surface area contributed by atoms with Crippen molar-refractivity contribution in [3.05, 3.63) is 58.1 Å². The van der Waals surface area contributed by atoms with Crippen LogP contribution in [0.3, 0.4) is 0 Å². The molecule has 2 aromatic rings. The molecule has 3 N–H and O–H groups in total. The lowest BCUT2D eigenvalue weighted by molar-refractivity contribution is -0.117. The van der Waals surface area contributed by atoms with Crippen LogP contribution in [0.2, 0.25) is 5.02 Å². The van der Waals surface area contributed by atoms with Crippen molar-refractivity contribution >= 4 is 23.3 Å². The average Bonchev–Trinajstić information content (AvgIpc) is 3.02. The minimum absolute atomic E-state index is 0.123. The van der Waals surface area contributed by atoms with Gasteiger partial charge < -0.3 is 15.8 Å². The zero-order valence-electron chi connectivity index (χ0n) is 15.0. The third-order valence-electron chi connectivity index (χ3n) is 5.28. The summed E-state index contributed by atoms with van der Waals surface area (Å²) in [5.41, 5.74) is 5.44. The quantitative estimate of drug-likeness (QED) is 0.796. The van der Waals surface area contributed by atoms with Gasteiger partial charge in [-0.25, -0.2) is 9.38 Å². The van der Waals surface area contributed by atoms with Crippen molar-refractivity contribution in [3.63, 3.8) is 0 Å². The summed E-state index contributed by atoms with van der Waals surface area (Å²) in [5, 5.41) is 3.81.